The average molecular weight is 287 g/mol. The standard InChI is InChI=1S/C16H21N3O2/c1-10-7-6-8-12(9-10)13-18-14(21-19-13)11(2)17-15(20)16(3,4)5/h6-9,11H,1-5H3,(H,17,20). The molecule has 1 aromatic heterocycles. The number of amides is 1. The van der Waals surface area contributed by atoms with E-state index in [0.717, 1.165) is 11.1 Å². The van der Waals surface area contributed by atoms with Crippen LogP contribution < -0.4 is 5.32 Å². The quantitative estimate of drug-likeness (QED) is 0.940. The zero-order valence-corrected chi connectivity index (χ0v) is 13.1. The third-order valence-electron chi connectivity index (χ3n) is 3.12. The third-order valence-corrected chi connectivity index (χ3v) is 3.12. The van der Waals surface area contributed by atoms with Gasteiger partial charge in [-0.2, -0.15) is 4.98 Å². The van der Waals surface area contributed by atoms with Gasteiger partial charge in [0, 0.05) is 11.0 Å². The van der Waals surface area contributed by atoms with Crippen molar-refractivity contribution >= 4 is 5.91 Å². The average Bonchev–Trinajstić information content (AvgIpc) is 2.87. The molecule has 0 spiro atoms. The maximum atomic E-state index is 12.0. The minimum atomic E-state index is -0.451. The van der Waals surface area contributed by atoms with Crippen LogP contribution >= 0.6 is 0 Å². The van der Waals surface area contributed by atoms with E-state index in [0.29, 0.717) is 11.7 Å². The van der Waals surface area contributed by atoms with Gasteiger partial charge in [-0.25, -0.2) is 0 Å². The summed E-state index contributed by atoms with van der Waals surface area (Å²) in [5.74, 6) is 0.889. The molecule has 0 saturated carbocycles. The van der Waals surface area contributed by atoms with Crippen LogP contribution in [0.4, 0.5) is 0 Å². The van der Waals surface area contributed by atoms with Crippen LogP contribution in [0.15, 0.2) is 28.8 Å². The Balaban J connectivity index is 2.14. The molecule has 0 saturated heterocycles. The van der Waals surface area contributed by atoms with Crippen molar-refractivity contribution < 1.29 is 9.32 Å². The van der Waals surface area contributed by atoms with Crippen molar-refractivity contribution in [2.45, 2.75) is 40.7 Å². The summed E-state index contributed by atoms with van der Waals surface area (Å²) >= 11 is 0. The Bertz CT molecular complexity index is 641. The predicted octanol–water partition coefficient (Wildman–Crippen LogP) is 3.27. The number of nitrogens with one attached hydrogen (secondary N) is 1. The second-order valence-electron chi connectivity index (χ2n) is 6.27. The summed E-state index contributed by atoms with van der Waals surface area (Å²) in [6.45, 7) is 9.43. The van der Waals surface area contributed by atoms with E-state index < -0.39 is 5.41 Å². The highest BCUT2D eigenvalue weighted by Crippen LogP contribution is 2.21. The number of hydrogen-bond donors (Lipinski definition) is 1. The van der Waals surface area contributed by atoms with Crippen LogP contribution in [0.25, 0.3) is 11.4 Å². The zero-order valence-electron chi connectivity index (χ0n) is 13.1. The predicted molar refractivity (Wildman–Crippen MR) is 80.5 cm³/mol. The first-order chi connectivity index (χ1) is 9.77. The Labute approximate surface area is 124 Å². The first-order valence-corrected chi connectivity index (χ1v) is 6.99. The maximum Gasteiger partial charge on any atom is 0.249 e. The molecule has 2 rings (SSSR count). The molecule has 0 aliphatic heterocycles. The van der Waals surface area contributed by atoms with Crippen molar-refractivity contribution in [1.29, 1.82) is 0 Å². The van der Waals surface area contributed by atoms with E-state index >= 15 is 0 Å². The Morgan fingerprint density at radius 1 is 1.33 bits per heavy atom. The lowest BCUT2D eigenvalue weighted by atomic mass is 9.95. The molecular weight excluding hydrogens is 266 g/mol. The number of nitrogens with zero attached hydrogens (tertiary/aromatic N) is 2. The number of carbonyl (C=O) groups is 1. The molecule has 1 atom stereocenters. The summed E-state index contributed by atoms with van der Waals surface area (Å²) in [7, 11) is 0. The summed E-state index contributed by atoms with van der Waals surface area (Å²) in [4.78, 5) is 16.3. The minimum Gasteiger partial charge on any atom is -0.344 e. The van der Waals surface area contributed by atoms with Crippen LogP contribution in [0.2, 0.25) is 0 Å². The fourth-order valence-electron chi connectivity index (χ4n) is 1.79. The largest absolute Gasteiger partial charge is 0.344 e. The highest BCUT2D eigenvalue weighted by Gasteiger charge is 2.25. The minimum absolute atomic E-state index is 0.0506. The third kappa shape index (κ3) is 3.68. The van der Waals surface area contributed by atoms with Crippen LogP contribution in [0.5, 0.6) is 0 Å². The summed E-state index contributed by atoms with van der Waals surface area (Å²) in [5, 5.41) is 6.86. The first kappa shape index (κ1) is 15.2. The van der Waals surface area contributed by atoms with E-state index in [1.165, 1.54) is 0 Å². The van der Waals surface area contributed by atoms with E-state index in [1.54, 1.807) is 0 Å². The van der Waals surface area contributed by atoms with Crippen molar-refractivity contribution in [3.8, 4) is 11.4 Å². The highest BCUT2D eigenvalue weighted by molar-refractivity contribution is 5.81. The molecule has 5 nitrogen and oxygen atoms in total. The lowest BCUT2D eigenvalue weighted by Crippen LogP contribution is -2.36. The van der Waals surface area contributed by atoms with Crippen molar-refractivity contribution in [3.63, 3.8) is 0 Å². The lowest BCUT2D eigenvalue weighted by molar-refractivity contribution is -0.129. The molecule has 0 fully saturated rings. The van der Waals surface area contributed by atoms with Gasteiger partial charge in [-0.05, 0) is 19.9 Å². The Kier molecular flexibility index (Phi) is 4.11. The summed E-state index contributed by atoms with van der Waals surface area (Å²) in [5.41, 5.74) is 1.58. The lowest BCUT2D eigenvalue weighted by Gasteiger charge is -2.19. The first-order valence-electron chi connectivity index (χ1n) is 6.99. The van der Waals surface area contributed by atoms with E-state index in [2.05, 4.69) is 15.5 Å². The van der Waals surface area contributed by atoms with E-state index in [9.17, 15) is 4.79 Å². The van der Waals surface area contributed by atoms with Gasteiger partial charge in [0.25, 0.3) is 0 Å². The molecule has 1 aromatic carbocycles. The second-order valence-corrected chi connectivity index (χ2v) is 6.27. The smallest absolute Gasteiger partial charge is 0.249 e. The number of aromatic nitrogens is 2. The van der Waals surface area contributed by atoms with Gasteiger partial charge in [0.2, 0.25) is 17.6 Å². The number of aryl methyl sites for hydroxylation is 1. The van der Waals surface area contributed by atoms with Gasteiger partial charge in [-0.15, -0.1) is 0 Å². The normalized spacial score (nSPS) is 13.0. The van der Waals surface area contributed by atoms with Crippen molar-refractivity contribution in [1.82, 2.24) is 15.5 Å². The van der Waals surface area contributed by atoms with Crippen molar-refractivity contribution in [2.24, 2.45) is 5.41 Å². The monoisotopic (exact) mass is 287 g/mol. The molecular formula is C16H21N3O2. The molecule has 1 N–H and O–H groups in total. The number of benzene rings is 1. The fraction of sp³-hybridized carbons (Fsp3) is 0.438. The number of hydrogen-bond acceptors (Lipinski definition) is 4. The van der Waals surface area contributed by atoms with Gasteiger partial charge in [0.15, 0.2) is 0 Å². The summed E-state index contributed by atoms with van der Waals surface area (Å²) < 4.78 is 5.26. The van der Waals surface area contributed by atoms with Gasteiger partial charge >= 0.3 is 0 Å². The van der Waals surface area contributed by atoms with Crippen molar-refractivity contribution in [2.75, 3.05) is 0 Å². The van der Waals surface area contributed by atoms with Crippen molar-refractivity contribution in [3.05, 3.63) is 35.7 Å². The number of carbonyl (C=O) groups excluding carboxylic acids is 1. The molecule has 5 heteroatoms. The summed E-state index contributed by atoms with van der Waals surface area (Å²) in [6, 6.07) is 7.57. The van der Waals surface area contributed by atoms with Gasteiger partial charge < -0.3 is 9.84 Å². The molecule has 1 amide bonds. The molecule has 0 aliphatic carbocycles. The molecule has 112 valence electrons. The van der Waals surface area contributed by atoms with E-state index in [-0.39, 0.29) is 11.9 Å². The van der Waals surface area contributed by atoms with Crippen LogP contribution in [-0.4, -0.2) is 16.0 Å². The maximum absolute atomic E-state index is 12.0. The molecule has 1 heterocycles. The molecule has 0 radical (unpaired) electrons. The topological polar surface area (TPSA) is 68.0 Å². The zero-order chi connectivity index (χ0) is 15.6. The molecule has 1 unspecified atom stereocenters. The van der Waals surface area contributed by atoms with Gasteiger partial charge in [0.1, 0.15) is 6.04 Å². The van der Waals surface area contributed by atoms with Crippen LogP contribution in [0.3, 0.4) is 0 Å². The number of rotatable bonds is 3. The SMILES string of the molecule is Cc1cccc(-c2noc(C(C)NC(=O)C(C)(C)C)n2)c1. The van der Waals surface area contributed by atoms with Gasteiger partial charge in [-0.1, -0.05) is 49.7 Å². The molecule has 0 aliphatic rings. The highest BCUT2D eigenvalue weighted by atomic mass is 16.5. The second kappa shape index (κ2) is 5.68. The van der Waals surface area contributed by atoms with Crippen LogP contribution in [0, 0.1) is 12.3 Å². The molecule has 21 heavy (non-hydrogen) atoms. The summed E-state index contributed by atoms with van der Waals surface area (Å²) in [6.07, 6.45) is 0. The fourth-order valence-corrected chi connectivity index (χ4v) is 1.79. The van der Waals surface area contributed by atoms with E-state index in [4.69, 9.17) is 4.52 Å². The van der Waals surface area contributed by atoms with E-state index in [1.807, 2.05) is 58.9 Å². The Hall–Kier alpha value is -2.17. The Morgan fingerprint density at radius 2 is 2.05 bits per heavy atom. The van der Waals surface area contributed by atoms with Crippen LogP contribution in [0.1, 0.15) is 45.2 Å². The molecule has 2 aromatic rings. The molecule has 0 bridgehead atoms. The van der Waals surface area contributed by atoms with Gasteiger partial charge in [-0.3, -0.25) is 4.79 Å². The Morgan fingerprint density at radius 3 is 2.67 bits per heavy atom. The van der Waals surface area contributed by atoms with Crippen LogP contribution in [-0.2, 0) is 4.79 Å². The van der Waals surface area contributed by atoms with Gasteiger partial charge in [0.05, 0.1) is 0 Å².